The predicted molar refractivity (Wildman–Crippen MR) is 59.8 cm³/mol. The van der Waals surface area contributed by atoms with Crippen LogP contribution in [0.25, 0.3) is 0 Å². The van der Waals surface area contributed by atoms with E-state index in [0.717, 1.165) is 5.56 Å². The molecular weight excluding hydrogens is 278 g/mol. The van der Waals surface area contributed by atoms with Gasteiger partial charge in [-0.15, -0.1) is 0 Å². The van der Waals surface area contributed by atoms with Gasteiger partial charge in [-0.3, -0.25) is 10.1 Å². The summed E-state index contributed by atoms with van der Waals surface area (Å²) in [6.07, 6.45) is 0.395. The molecule has 1 aliphatic rings. The summed E-state index contributed by atoms with van der Waals surface area (Å²) >= 11 is 3.24. The highest BCUT2D eigenvalue weighted by atomic mass is 79.9. The number of hydrogen-bond donors (Lipinski definition) is 0. The van der Waals surface area contributed by atoms with Gasteiger partial charge in [0.25, 0.3) is 5.69 Å². The van der Waals surface area contributed by atoms with Crippen molar-refractivity contribution in [3.63, 3.8) is 0 Å². The zero-order valence-electron chi connectivity index (χ0n) is 8.18. The maximum Gasteiger partial charge on any atom is 0.338 e. The van der Waals surface area contributed by atoms with E-state index in [9.17, 15) is 14.9 Å². The van der Waals surface area contributed by atoms with Crippen LogP contribution >= 0.6 is 15.9 Å². The zero-order chi connectivity index (χ0) is 11.7. The normalized spacial score (nSPS) is 18.8. The van der Waals surface area contributed by atoms with E-state index >= 15 is 0 Å². The highest BCUT2D eigenvalue weighted by Gasteiger charge is 2.27. The number of alkyl halides is 1. The SMILES string of the molecule is O=C1OC(CBr)Cc2ccc([N+](=O)[O-])cc21. The molecule has 0 N–H and O–H groups in total. The van der Waals surface area contributed by atoms with Crippen LogP contribution in [0, 0.1) is 10.1 Å². The number of nitrogens with zero attached hydrogens (tertiary/aromatic N) is 1. The second-order valence-corrected chi connectivity index (χ2v) is 4.13. The number of hydrogen-bond acceptors (Lipinski definition) is 4. The van der Waals surface area contributed by atoms with Crippen LogP contribution < -0.4 is 0 Å². The van der Waals surface area contributed by atoms with E-state index in [1.54, 1.807) is 6.07 Å². The second kappa shape index (κ2) is 4.21. The number of rotatable bonds is 2. The highest BCUT2D eigenvalue weighted by Crippen LogP contribution is 2.25. The summed E-state index contributed by atoms with van der Waals surface area (Å²) < 4.78 is 5.09. The van der Waals surface area contributed by atoms with Gasteiger partial charge in [-0.1, -0.05) is 22.0 Å². The largest absolute Gasteiger partial charge is 0.458 e. The van der Waals surface area contributed by atoms with Gasteiger partial charge < -0.3 is 4.74 Å². The second-order valence-electron chi connectivity index (χ2n) is 3.48. The van der Waals surface area contributed by atoms with Crippen molar-refractivity contribution < 1.29 is 14.5 Å². The number of nitro groups is 1. The molecule has 0 bridgehead atoms. The fraction of sp³-hybridized carbons (Fsp3) is 0.300. The number of ether oxygens (including phenoxy) is 1. The summed E-state index contributed by atoms with van der Waals surface area (Å²) in [5, 5.41) is 11.1. The smallest absolute Gasteiger partial charge is 0.338 e. The van der Waals surface area contributed by atoms with Crippen LogP contribution in [0.5, 0.6) is 0 Å². The summed E-state index contributed by atoms with van der Waals surface area (Å²) in [5.41, 5.74) is 1.01. The van der Waals surface area contributed by atoms with Crippen LogP contribution in [0.2, 0.25) is 0 Å². The van der Waals surface area contributed by atoms with Crippen molar-refractivity contribution in [2.24, 2.45) is 0 Å². The van der Waals surface area contributed by atoms with Crippen molar-refractivity contribution >= 4 is 27.6 Å². The number of halogens is 1. The Morgan fingerprint density at radius 3 is 2.94 bits per heavy atom. The molecule has 5 nitrogen and oxygen atoms in total. The fourth-order valence-corrected chi connectivity index (χ4v) is 1.99. The Balaban J connectivity index is 2.41. The number of non-ortho nitro benzene ring substituents is 1. The van der Waals surface area contributed by atoms with Gasteiger partial charge in [0.15, 0.2) is 0 Å². The van der Waals surface area contributed by atoms with Crippen LogP contribution in [0.3, 0.4) is 0 Å². The third kappa shape index (κ3) is 1.92. The van der Waals surface area contributed by atoms with E-state index in [4.69, 9.17) is 4.74 Å². The summed E-state index contributed by atoms with van der Waals surface area (Å²) in [5.74, 6) is -0.491. The lowest BCUT2D eigenvalue weighted by Crippen LogP contribution is -2.28. The van der Waals surface area contributed by atoms with Crippen molar-refractivity contribution in [3.05, 3.63) is 39.4 Å². The summed E-state index contributed by atoms with van der Waals surface area (Å²) in [6.45, 7) is 0. The summed E-state index contributed by atoms with van der Waals surface area (Å²) in [4.78, 5) is 21.6. The average molecular weight is 286 g/mol. The van der Waals surface area contributed by atoms with Crippen molar-refractivity contribution in [2.75, 3.05) is 5.33 Å². The molecule has 1 heterocycles. The predicted octanol–water partition coefficient (Wildman–Crippen LogP) is 2.07. The minimum absolute atomic E-state index is 0.0898. The molecule has 16 heavy (non-hydrogen) atoms. The fourth-order valence-electron chi connectivity index (χ4n) is 1.63. The van der Waals surface area contributed by atoms with Crippen LogP contribution in [0.4, 0.5) is 5.69 Å². The van der Waals surface area contributed by atoms with Gasteiger partial charge in [0, 0.05) is 23.9 Å². The molecule has 6 heteroatoms. The number of carbonyl (C=O) groups excluding carboxylic acids is 1. The van der Waals surface area contributed by atoms with Crippen LogP contribution in [-0.4, -0.2) is 22.3 Å². The van der Waals surface area contributed by atoms with Crippen LogP contribution in [0.15, 0.2) is 18.2 Å². The number of fused-ring (bicyclic) bond motifs is 1. The Kier molecular flexibility index (Phi) is 2.91. The molecule has 0 amide bonds. The van der Waals surface area contributed by atoms with Gasteiger partial charge in [-0.2, -0.15) is 0 Å². The Labute approximate surface area is 99.7 Å². The molecule has 1 unspecified atom stereocenters. The number of carbonyl (C=O) groups is 1. The molecule has 2 rings (SSSR count). The van der Waals surface area contributed by atoms with Crippen molar-refractivity contribution in [2.45, 2.75) is 12.5 Å². The molecule has 1 aromatic rings. The minimum atomic E-state index is -0.524. The van der Waals surface area contributed by atoms with Gasteiger partial charge in [0.05, 0.1) is 10.5 Å². The first-order valence-electron chi connectivity index (χ1n) is 4.66. The Hall–Kier alpha value is -1.43. The molecule has 0 radical (unpaired) electrons. The van der Waals surface area contributed by atoms with E-state index in [0.29, 0.717) is 17.3 Å². The van der Waals surface area contributed by atoms with Gasteiger partial charge in [0.2, 0.25) is 0 Å². The van der Waals surface area contributed by atoms with Crippen LogP contribution in [0.1, 0.15) is 15.9 Å². The van der Waals surface area contributed by atoms with E-state index < -0.39 is 10.9 Å². The van der Waals surface area contributed by atoms with Gasteiger partial charge in [-0.05, 0) is 5.56 Å². The van der Waals surface area contributed by atoms with Gasteiger partial charge in [-0.25, -0.2) is 4.79 Å². The standard InChI is InChI=1S/C10H8BrNO4/c11-5-8-3-6-1-2-7(12(14)15)4-9(6)10(13)16-8/h1-2,4,8H,3,5H2. The quantitative estimate of drug-likeness (QED) is 0.361. The molecule has 0 spiro atoms. The van der Waals surface area contributed by atoms with Crippen molar-refractivity contribution in [1.82, 2.24) is 0 Å². The van der Waals surface area contributed by atoms with E-state index in [1.165, 1.54) is 12.1 Å². The Morgan fingerprint density at radius 1 is 1.56 bits per heavy atom. The highest BCUT2D eigenvalue weighted by molar-refractivity contribution is 9.09. The maximum atomic E-state index is 11.6. The molecule has 84 valence electrons. The molecule has 0 saturated heterocycles. The summed E-state index contributed by atoms with van der Waals surface area (Å²) in [6, 6.07) is 4.29. The molecule has 0 saturated carbocycles. The molecule has 1 aliphatic heterocycles. The minimum Gasteiger partial charge on any atom is -0.458 e. The third-order valence-electron chi connectivity index (χ3n) is 2.42. The monoisotopic (exact) mass is 285 g/mol. The van der Waals surface area contributed by atoms with Crippen molar-refractivity contribution in [3.8, 4) is 0 Å². The molecule has 0 fully saturated rings. The molecule has 0 aliphatic carbocycles. The molecular formula is C10H8BrNO4. The van der Waals surface area contributed by atoms with Crippen LogP contribution in [-0.2, 0) is 11.2 Å². The van der Waals surface area contributed by atoms with E-state index in [2.05, 4.69) is 15.9 Å². The van der Waals surface area contributed by atoms with Crippen molar-refractivity contribution in [1.29, 1.82) is 0 Å². The summed E-state index contributed by atoms with van der Waals surface area (Å²) in [7, 11) is 0. The van der Waals surface area contributed by atoms with E-state index in [-0.39, 0.29) is 11.8 Å². The molecule has 0 aromatic heterocycles. The molecule has 1 atom stereocenters. The first-order chi connectivity index (χ1) is 7.61. The first kappa shape index (κ1) is 11.1. The Morgan fingerprint density at radius 2 is 2.31 bits per heavy atom. The number of esters is 1. The molecule has 1 aromatic carbocycles. The topological polar surface area (TPSA) is 69.4 Å². The van der Waals surface area contributed by atoms with E-state index in [1.807, 2.05) is 0 Å². The van der Waals surface area contributed by atoms with Gasteiger partial charge >= 0.3 is 5.97 Å². The number of nitro benzene ring substituents is 1. The lowest BCUT2D eigenvalue weighted by atomic mass is 9.99. The lowest BCUT2D eigenvalue weighted by Gasteiger charge is -2.22. The number of benzene rings is 1. The maximum absolute atomic E-state index is 11.6. The first-order valence-corrected chi connectivity index (χ1v) is 5.78. The third-order valence-corrected chi connectivity index (χ3v) is 3.14. The lowest BCUT2D eigenvalue weighted by molar-refractivity contribution is -0.384. The Bertz CT molecular complexity index is 460. The van der Waals surface area contributed by atoms with Gasteiger partial charge in [0.1, 0.15) is 6.10 Å². The average Bonchev–Trinajstić information content (AvgIpc) is 2.28. The number of cyclic esters (lactones) is 1. The zero-order valence-corrected chi connectivity index (χ0v) is 9.77.